The molecule has 1 aromatic heterocycles. The molecule has 1 aliphatic heterocycles. The van der Waals surface area contributed by atoms with Crippen LogP contribution in [0.4, 0.5) is 4.79 Å². The Bertz CT molecular complexity index is 1130. The summed E-state index contributed by atoms with van der Waals surface area (Å²) >= 11 is 5.89. The van der Waals surface area contributed by atoms with Crippen molar-refractivity contribution < 1.29 is 14.0 Å². The Kier molecular flexibility index (Phi) is 4.57. The molecule has 1 aliphatic rings. The van der Waals surface area contributed by atoms with Crippen LogP contribution in [-0.4, -0.2) is 21.8 Å². The maximum atomic E-state index is 13.0. The molecule has 7 nitrogen and oxygen atoms in total. The van der Waals surface area contributed by atoms with Gasteiger partial charge in [0.1, 0.15) is 11.8 Å². The highest BCUT2D eigenvalue weighted by molar-refractivity contribution is 6.30. The van der Waals surface area contributed by atoms with Crippen LogP contribution in [0.15, 0.2) is 59.2 Å². The molecule has 0 saturated carbocycles. The Morgan fingerprint density at radius 2 is 1.86 bits per heavy atom. The van der Waals surface area contributed by atoms with Crippen molar-refractivity contribution in [1.29, 1.82) is 5.26 Å². The molecule has 0 radical (unpaired) electrons. The number of hydrogen-bond donors (Lipinski definition) is 1. The van der Waals surface area contributed by atoms with Crippen molar-refractivity contribution in [3.63, 3.8) is 0 Å². The maximum Gasteiger partial charge on any atom is 0.325 e. The number of hydrogen-bond acceptors (Lipinski definition) is 5. The van der Waals surface area contributed by atoms with Crippen LogP contribution in [0.1, 0.15) is 23.7 Å². The molecule has 0 aliphatic carbocycles. The van der Waals surface area contributed by atoms with Crippen LogP contribution in [0.5, 0.6) is 0 Å². The number of urea groups is 1. The van der Waals surface area contributed by atoms with Gasteiger partial charge in [-0.2, -0.15) is 5.26 Å². The van der Waals surface area contributed by atoms with Crippen LogP contribution >= 0.6 is 11.6 Å². The highest BCUT2D eigenvalue weighted by Gasteiger charge is 2.49. The van der Waals surface area contributed by atoms with Crippen LogP contribution in [-0.2, 0) is 16.9 Å². The molecule has 1 fully saturated rings. The Balaban J connectivity index is 1.55. The lowest BCUT2D eigenvalue weighted by Gasteiger charge is -2.22. The number of oxazole rings is 1. The van der Waals surface area contributed by atoms with Crippen molar-refractivity contribution in [2.45, 2.75) is 19.0 Å². The van der Waals surface area contributed by atoms with E-state index in [-0.39, 0.29) is 6.54 Å². The lowest BCUT2D eigenvalue weighted by atomic mass is 9.91. The van der Waals surface area contributed by atoms with Gasteiger partial charge in [-0.25, -0.2) is 9.78 Å². The normalized spacial score (nSPS) is 18.6. The minimum atomic E-state index is -1.21. The van der Waals surface area contributed by atoms with E-state index in [1.165, 1.54) is 6.26 Å². The van der Waals surface area contributed by atoms with Crippen LogP contribution in [0.3, 0.4) is 0 Å². The number of nitriles is 1. The zero-order valence-electron chi connectivity index (χ0n) is 15.3. The molecule has 1 saturated heterocycles. The average molecular weight is 407 g/mol. The van der Waals surface area contributed by atoms with Crippen LogP contribution in [0.25, 0.3) is 11.5 Å². The van der Waals surface area contributed by atoms with Gasteiger partial charge in [0.25, 0.3) is 5.91 Å². The van der Waals surface area contributed by atoms with Crippen LogP contribution in [0.2, 0.25) is 5.02 Å². The number of benzene rings is 2. The largest absolute Gasteiger partial charge is 0.444 e. The third kappa shape index (κ3) is 3.35. The molecule has 8 heteroatoms. The smallest absolute Gasteiger partial charge is 0.325 e. The van der Waals surface area contributed by atoms with E-state index in [0.717, 1.165) is 10.5 Å². The predicted octanol–water partition coefficient (Wildman–Crippen LogP) is 3.83. The first-order chi connectivity index (χ1) is 13.9. The fourth-order valence-corrected chi connectivity index (χ4v) is 3.31. The number of carbonyl (C=O) groups is 2. The monoisotopic (exact) mass is 406 g/mol. The summed E-state index contributed by atoms with van der Waals surface area (Å²) in [6, 6.07) is 15.0. The summed E-state index contributed by atoms with van der Waals surface area (Å²) in [4.78, 5) is 31.0. The molecule has 1 N–H and O–H groups in total. The van der Waals surface area contributed by atoms with E-state index < -0.39 is 17.5 Å². The van der Waals surface area contributed by atoms with E-state index in [1.54, 1.807) is 55.5 Å². The SMILES string of the molecule is CC1(c2ccc(C#N)cc2)NC(=O)N(Cc2coc(-c3ccc(Cl)cc3)n2)C1=O. The van der Waals surface area contributed by atoms with Gasteiger partial charge in [-0.3, -0.25) is 9.69 Å². The average Bonchev–Trinajstić information content (AvgIpc) is 3.28. The van der Waals surface area contributed by atoms with Gasteiger partial charge < -0.3 is 9.73 Å². The zero-order chi connectivity index (χ0) is 20.6. The first-order valence-corrected chi connectivity index (χ1v) is 9.13. The van der Waals surface area contributed by atoms with Gasteiger partial charge in [-0.1, -0.05) is 23.7 Å². The molecule has 0 spiro atoms. The summed E-state index contributed by atoms with van der Waals surface area (Å²) in [5.74, 6) is -0.0261. The summed E-state index contributed by atoms with van der Waals surface area (Å²) < 4.78 is 5.48. The van der Waals surface area contributed by atoms with E-state index in [9.17, 15) is 9.59 Å². The number of nitrogens with zero attached hydrogens (tertiary/aromatic N) is 3. The summed E-state index contributed by atoms with van der Waals surface area (Å²) in [7, 11) is 0. The Labute approximate surface area is 171 Å². The van der Waals surface area contributed by atoms with Gasteiger partial charge >= 0.3 is 6.03 Å². The van der Waals surface area contributed by atoms with Crippen molar-refractivity contribution in [3.8, 4) is 17.5 Å². The number of rotatable bonds is 4. The van der Waals surface area contributed by atoms with Crippen LogP contribution < -0.4 is 5.32 Å². The summed E-state index contributed by atoms with van der Waals surface area (Å²) in [6.45, 7) is 1.62. The zero-order valence-corrected chi connectivity index (χ0v) is 16.1. The topological polar surface area (TPSA) is 99.2 Å². The summed E-state index contributed by atoms with van der Waals surface area (Å²) in [5, 5.41) is 12.3. The van der Waals surface area contributed by atoms with E-state index in [2.05, 4.69) is 10.3 Å². The Morgan fingerprint density at radius 3 is 2.52 bits per heavy atom. The molecule has 3 aromatic rings. The number of aromatic nitrogens is 1. The fourth-order valence-electron chi connectivity index (χ4n) is 3.18. The second kappa shape index (κ2) is 7.08. The van der Waals surface area contributed by atoms with E-state index in [4.69, 9.17) is 21.3 Å². The maximum absolute atomic E-state index is 13.0. The van der Waals surface area contributed by atoms with Crippen molar-refractivity contribution in [3.05, 3.63) is 76.6 Å². The van der Waals surface area contributed by atoms with E-state index in [0.29, 0.717) is 27.7 Å². The third-order valence-electron chi connectivity index (χ3n) is 4.83. The third-order valence-corrected chi connectivity index (χ3v) is 5.08. The Hall–Kier alpha value is -3.63. The minimum Gasteiger partial charge on any atom is -0.444 e. The first kappa shape index (κ1) is 18.7. The lowest BCUT2D eigenvalue weighted by molar-refractivity contribution is -0.131. The van der Waals surface area contributed by atoms with Gasteiger partial charge in [-0.05, 0) is 48.9 Å². The van der Waals surface area contributed by atoms with Gasteiger partial charge in [0.05, 0.1) is 23.9 Å². The number of imide groups is 1. The summed E-state index contributed by atoms with van der Waals surface area (Å²) in [5.41, 5.74) is 1.04. The molecular weight excluding hydrogens is 392 g/mol. The number of halogens is 1. The minimum absolute atomic E-state index is 0.0202. The number of nitrogens with one attached hydrogen (secondary N) is 1. The number of amides is 3. The molecule has 29 heavy (non-hydrogen) atoms. The fraction of sp³-hybridized carbons (Fsp3) is 0.143. The van der Waals surface area contributed by atoms with Gasteiger partial charge in [0.2, 0.25) is 5.89 Å². The predicted molar refractivity (Wildman–Crippen MR) is 105 cm³/mol. The van der Waals surface area contributed by atoms with Crippen LogP contribution in [0, 0.1) is 11.3 Å². The second-order valence-electron chi connectivity index (χ2n) is 6.79. The molecule has 144 valence electrons. The van der Waals surface area contributed by atoms with Crippen molar-refractivity contribution in [2.24, 2.45) is 0 Å². The second-order valence-corrected chi connectivity index (χ2v) is 7.22. The Morgan fingerprint density at radius 1 is 1.17 bits per heavy atom. The molecular formula is C21H15ClN4O3. The van der Waals surface area contributed by atoms with Gasteiger partial charge in [-0.15, -0.1) is 0 Å². The van der Waals surface area contributed by atoms with E-state index >= 15 is 0 Å². The molecule has 0 bridgehead atoms. The first-order valence-electron chi connectivity index (χ1n) is 8.76. The summed E-state index contributed by atoms with van der Waals surface area (Å²) in [6.07, 6.45) is 1.42. The number of carbonyl (C=O) groups excluding carboxylic acids is 2. The van der Waals surface area contributed by atoms with Crippen molar-refractivity contribution in [1.82, 2.24) is 15.2 Å². The van der Waals surface area contributed by atoms with E-state index in [1.807, 2.05) is 6.07 Å². The van der Waals surface area contributed by atoms with Crippen molar-refractivity contribution in [2.75, 3.05) is 0 Å². The highest BCUT2D eigenvalue weighted by atomic mass is 35.5. The van der Waals surface area contributed by atoms with Gasteiger partial charge in [0.15, 0.2) is 0 Å². The lowest BCUT2D eigenvalue weighted by Crippen LogP contribution is -2.40. The molecule has 4 rings (SSSR count). The molecule has 2 heterocycles. The standard InChI is InChI=1S/C21H15ClN4O3/c1-21(15-6-2-13(10-23)3-7-15)19(27)26(20(28)25-21)11-17-12-29-18(24-17)14-4-8-16(22)9-5-14/h2-9,12H,11H2,1H3,(H,25,28). The molecule has 1 atom stereocenters. The molecule has 1 unspecified atom stereocenters. The van der Waals surface area contributed by atoms with Crippen molar-refractivity contribution >= 4 is 23.5 Å². The quantitative estimate of drug-likeness (QED) is 0.663. The molecule has 3 amide bonds. The molecule has 2 aromatic carbocycles. The highest BCUT2D eigenvalue weighted by Crippen LogP contribution is 2.30. The van der Waals surface area contributed by atoms with Gasteiger partial charge in [0, 0.05) is 10.6 Å².